The SMILES string of the molecule is O=Nc1c(O)ccc2ccc(S(=O)(=O)O)cc12.[H-].[Na+]. The number of phenolic OH excluding ortho intramolecular Hbond substituents is 1. The molecule has 2 rings (SSSR count). The van der Waals surface area contributed by atoms with Crippen LogP contribution in [0.3, 0.4) is 0 Å². The zero-order valence-corrected chi connectivity index (χ0v) is 12.2. The van der Waals surface area contributed by atoms with Gasteiger partial charge in [-0.1, -0.05) is 12.1 Å². The fraction of sp³-hybridized carbons (Fsp3) is 0. The third-order valence-corrected chi connectivity index (χ3v) is 3.18. The maximum absolute atomic E-state index is 10.9. The Labute approximate surface area is 126 Å². The van der Waals surface area contributed by atoms with Crippen LogP contribution in [-0.4, -0.2) is 18.1 Å². The molecule has 2 aromatic carbocycles. The molecule has 0 aromatic heterocycles. The molecule has 0 atom stereocenters. The van der Waals surface area contributed by atoms with Crippen molar-refractivity contribution in [3.05, 3.63) is 35.2 Å². The zero-order chi connectivity index (χ0) is 12.6. The van der Waals surface area contributed by atoms with Crippen LogP contribution in [0.1, 0.15) is 1.43 Å². The summed E-state index contributed by atoms with van der Waals surface area (Å²) in [6.07, 6.45) is 0. The molecule has 0 fully saturated rings. The first-order valence-corrected chi connectivity index (χ1v) is 5.94. The molecule has 90 valence electrons. The Morgan fingerprint density at radius 3 is 2.33 bits per heavy atom. The molecule has 2 N–H and O–H groups in total. The van der Waals surface area contributed by atoms with Crippen molar-refractivity contribution in [2.75, 3.05) is 0 Å². The maximum atomic E-state index is 10.9. The molecule has 8 heteroatoms. The van der Waals surface area contributed by atoms with Crippen LogP contribution in [0, 0.1) is 4.91 Å². The molecule has 18 heavy (non-hydrogen) atoms. The summed E-state index contributed by atoms with van der Waals surface area (Å²) in [5.74, 6) is -0.347. The van der Waals surface area contributed by atoms with Crippen LogP contribution in [0.4, 0.5) is 5.69 Å². The summed E-state index contributed by atoms with van der Waals surface area (Å²) in [6, 6.07) is 6.48. The van der Waals surface area contributed by atoms with Gasteiger partial charge in [0.1, 0.15) is 5.75 Å². The molecule has 0 aliphatic carbocycles. The molecule has 0 radical (unpaired) electrons. The summed E-state index contributed by atoms with van der Waals surface area (Å²) in [7, 11) is -4.36. The van der Waals surface area contributed by atoms with Gasteiger partial charge in [-0.05, 0) is 28.8 Å². The van der Waals surface area contributed by atoms with E-state index in [2.05, 4.69) is 5.18 Å². The molecule has 0 heterocycles. The van der Waals surface area contributed by atoms with Gasteiger partial charge < -0.3 is 6.53 Å². The average Bonchev–Trinajstić information content (AvgIpc) is 2.27. The number of rotatable bonds is 2. The minimum Gasteiger partial charge on any atom is -1.00 e. The van der Waals surface area contributed by atoms with Crippen molar-refractivity contribution >= 4 is 26.6 Å². The molecule has 0 amide bonds. The predicted molar refractivity (Wildman–Crippen MR) is 62.0 cm³/mol. The second-order valence-corrected chi connectivity index (χ2v) is 4.80. The number of nitroso groups, excluding NO2 is 1. The number of hydrogen-bond donors (Lipinski definition) is 2. The van der Waals surface area contributed by atoms with Gasteiger partial charge in [-0.2, -0.15) is 8.42 Å². The van der Waals surface area contributed by atoms with Crippen LogP contribution >= 0.6 is 0 Å². The van der Waals surface area contributed by atoms with E-state index in [4.69, 9.17) is 4.55 Å². The topological polar surface area (TPSA) is 104 Å². The quantitative estimate of drug-likeness (QED) is 0.429. The van der Waals surface area contributed by atoms with Crippen LogP contribution < -0.4 is 29.6 Å². The Morgan fingerprint density at radius 1 is 1.17 bits per heavy atom. The normalized spacial score (nSPS) is 10.9. The van der Waals surface area contributed by atoms with E-state index in [0.717, 1.165) is 6.07 Å². The number of aromatic hydroxyl groups is 1. The molecule has 0 bridgehead atoms. The summed E-state index contributed by atoms with van der Waals surface area (Å²) in [5.41, 5.74) is -0.256. The Kier molecular flexibility index (Phi) is 4.46. The summed E-state index contributed by atoms with van der Waals surface area (Å²) < 4.78 is 30.8. The summed E-state index contributed by atoms with van der Waals surface area (Å²) in [5, 5.41) is 12.7. The van der Waals surface area contributed by atoms with Crippen LogP contribution in [0.25, 0.3) is 10.8 Å². The van der Waals surface area contributed by atoms with E-state index in [-0.39, 0.29) is 52.7 Å². The van der Waals surface area contributed by atoms with E-state index < -0.39 is 10.1 Å². The summed E-state index contributed by atoms with van der Waals surface area (Å²) >= 11 is 0. The van der Waals surface area contributed by atoms with E-state index in [1.807, 2.05) is 0 Å². The van der Waals surface area contributed by atoms with Gasteiger partial charge in [-0.15, -0.1) is 4.91 Å². The van der Waals surface area contributed by atoms with Crippen molar-refractivity contribution in [1.82, 2.24) is 0 Å². The van der Waals surface area contributed by atoms with Crippen LogP contribution in [0.2, 0.25) is 0 Å². The molecule has 6 nitrogen and oxygen atoms in total. The fourth-order valence-corrected chi connectivity index (χ4v) is 2.03. The second kappa shape index (κ2) is 5.33. The van der Waals surface area contributed by atoms with Crippen LogP contribution in [0.15, 0.2) is 40.4 Å². The van der Waals surface area contributed by atoms with Crippen molar-refractivity contribution < 1.29 is 49.1 Å². The standard InChI is InChI=1S/C10H7NO5S.Na.H/c12-9-4-2-6-1-3-7(17(14,15)16)5-8(6)10(9)11-13;;/h1-5,12H,(H,14,15,16);;/q;+1;-1. The number of hydrogen-bond acceptors (Lipinski definition) is 5. The van der Waals surface area contributed by atoms with Gasteiger partial charge in [0.2, 0.25) is 0 Å². The van der Waals surface area contributed by atoms with Crippen molar-refractivity contribution in [3.8, 4) is 5.75 Å². The molecule has 2 aromatic rings. The molecular weight excluding hydrogens is 269 g/mol. The Morgan fingerprint density at radius 2 is 1.78 bits per heavy atom. The number of nitrogens with zero attached hydrogens (tertiary/aromatic N) is 1. The van der Waals surface area contributed by atoms with E-state index in [9.17, 15) is 18.4 Å². The molecule has 0 unspecified atom stereocenters. The number of benzene rings is 2. The first kappa shape index (κ1) is 15.1. The monoisotopic (exact) mass is 277 g/mol. The van der Waals surface area contributed by atoms with Gasteiger partial charge >= 0.3 is 29.6 Å². The third kappa shape index (κ3) is 2.70. The van der Waals surface area contributed by atoms with E-state index in [0.29, 0.717) is 5.39 Å². The maximum Gasteiger partial charge on any atom is 1.00 e. The van der Waals surface area contributed by atoms with Crippen molar-refractivity contribution in [1.29, 1.82) is 0 Å². The molecule has 0 saturated heterocycles. The smallest absolute Gasteiger partial charge is 1.00 e. The van der Waals surface area contributed by atoms with Crippen molar-refractivity contribution in [2.24, 2.45) is 5.18 Å². The van der Waals surface area contributed by atoms with Crippen molar-refractivity contribution in [3.63, 3.8) is 0 Å². The molecule has 0 saturated carbocycles. The van der Waals surface area contributed by atoms with Gasteiger partial charge in [0, 0.05) is 5.39 Å². The minimum absolute atomic E-state index is 0. The second-order valence-electron chi connectivity index (χ2n) is 3.38. The van der Waals surface area contributed by atoms with E-state index in [1.165, 1.54) is 24.3 Å². The van der Waals surface area contributed by atoms with E-state index in [1.54, 1.807) is 0 Å². The van der Waals surface area contributed by atoms with Crippen LogP contribution in [0.5, 0.6) is 5.75 Å². The largest absolute Gasteiger partial charge is 1.00 e. The van der Waals surface area contributed by atoms with Gasteiger partial charge in [0.25, 0.3) is 10.1 Å². The predicted octanol–water partition coefficient (Wildman–Crippen LogP) is -0.694. The first-order valence-electron chi connectivity index (χ1n) is 4.50. The van der Waals surface area contributed by atoms with Gasteiger partial charge in [-0.25, -0.2) is 0 Å². The Balaban J connectivity index is 0.00000162. The van der Waals surface area contributed by atoms with E-state index >= 15 is 0 Å². The molecular formula is C10H8NNaO5S. The van der Waals surface area contributed by atoms with Crippen molar-refractivity contribution in [2.45, 2.75) is 4.90 Å². The van der Waals surface area contributed by atoms with Gasteiger partial charge in [0.05, 0.1) is 4.90 Å². The minimum atomic E-state index is -4.36. The zero-order valence-electron chi connectivity index (χ0n) is 10.4. The summed E-state index contributed by atoms with van der Waals surface area (Å²) in [4.78, 5) is 10.2. The Bertz CT molecular complexity index is 719. The molecule has 0 aliphatic rings. The Hall–Kier alpha value is -0.990. The van der Waals surface area contributed by atoms with Crippen LogP contribution in [-0.2, 0) is 10.1 Å². The fourth-order valence-electron chi connectivity index (χ4n) is 1.53. The third-order valence-electron chi connectivity index (χ3n) is 2.33. The molecule has 0 aliphatic heterocycles. The summed E-state index contributed by atoms with van der Waals surface area (Å²) in [6.45, 7) is 0. The molecule has 0 spiro atoms. The van der Waals surface area contributed by atoms with Gasteiger partial charge in [-0.3, -0.25) is 4.55 Å². The average molecular weight is 277 g/mol. The first-order chi connectivity index (χ1) is 7.93. The van der Waals surface area contributed by atoms with Gasteiger partial charge in [0.15, 0.2) is 5.69 Å². The number of fused-ring (bicyclic) bond motifs is 1. The number of phenols is 1.